The van der Waals surface area contributed by atoms with Crippen LogP contribution in [0.3, 0.4) is 0 Å². The minimum atomic E-state index is -1.54. The average molecular weight is 660 g/mol. The first-order valence-corrected chi connectivity index (χ1v) is 16.5. The molecular formula is C31H57N5O10. The van der Waals surface area contributed by atoms with Crippen molar-refractivity contribution in [2.45, 2.75) is 154 Å². The van der Waals surface area contributed by atoms with Gasteiger partial charge in [-0.15, -0.1) is 0 Å². The largest absolute Gasteiger partial charge is 0.479 e. The number of hydrogen-bond donors (Lipinski definition) is 7. The third-order valence-electron chi connectivity index (χ3n) is 8.24. The highest BCUT2D eigenvalue weighted by Crippen LogP contribution is 2.27. The van der Waals surface area contributed by atoms with Crippen molar-refractivity contribution >= 4 is 29.6 Å². The monoisotopic (exact) mass is 659 g/mol. The number of hydrogen-bond acceptors (Lipinski definition) is 10. The molecule has 0 radical (unpaired) electrons. The molecule has 0 aromatic carbocycles. The number of carbonyl (C=O) groups is 5. The van der Waals surface area contributed by atoms with Gasteiger partial charge < -0.3 is 51.8 Å². The molecule has 15 nitrogen and oxygen atoms in total. The Bertz CT molecular complexity index is 970. The summed E-state index contributed by atoms with van der Waals surface area (Å²) in [7, 11) is 0. The van der Waals surface area contributed by atoms with E-state index in [-0.39, 0.29) is 18.7 Å². The van der Waals surface area contributed by atoms with Crippen molar-refractivity contribution < 1.29 is 48.8 Å². The van der Waals surface area contributed by atoms with Crippen molar-refractivity contribution in [1.82, 2.24) is 15.5 Å². The van der Waals surface area contributed by atoms with Crippen molar-refractivity contribution in [3.8, 4) is 0 Å². The first-order valence-electron chi connectivity index (χ1n) is 16.5. The lowest BCUT2D eigenvalue weighted by Crippen LogP contribution is -2.70. The summed E-state index contributed by atoms with van der Waals surface area (Å²) in [6.07, 6.45) is 4.59. The second-order valence-corrected chi connectivity index (χ2v) is 12.0. The van der Waals surface area contributed by atoms with Crippen LogP contribution in [0.15, 0.2) is 0 Å². The Morgan fingerprint density at radius 2 is 1.54 bits per heavy atom. The van der Waals surface area contributed by atoms with Gasteiger partial charge in [-0.3, -0.25) is 19.2 Å². The van der Waals surface area contributed by atoms with Gasteiger partial charge in [0, 0.05) is 19.9 Å². The molecule has 0 aromatic rings. The summed E-state index contributed by atoms with van der Waals surface area (Å²) in [6.45, 7) is 5.70. The number of ether oxygens (including phenoxy) is 2. The van der Waals surface area contributed by atoms with Crippen LogP contribution in [0, 0.1) is 0 Å². The average Bonchev–Trinajstić information content (AvgIpc) is 3.00. The van der Waals surface area contributed by atoms with Crippen LogP contribution in [-0.2, 0) is 33.4 Å². The van der Waals surface area contributed by atoms with Crippen molar-refractivity contribution in [1.29, 1.82) is 0 Å². The zero-order valence-electron chi connectivity index (χ0n) is 27.8. The van der Waals surface area contributed by atoms with Crippen molar-refractivity contribution in [3.05, 3.63) is 0 Å². The number of primary amides is 1. The van der Waals surface area contributed by atoms with E-state index in [1.165, 1.54) is 58.8 Å². The molecule has 0 aliphatic carbocycles. The molecule has 9 N–H and O–H groups in total. The molecule has 1 aliphatic rings. The second kappa shape index (κ2) is 21.9. The Morgan fingerprint density at radius 3 is 2.04 bits per heavy atom. The maximum absolute atomic E-state index is 13.2. The Balaban J connectivity index is 2.70. The second-order valence-electron chi connectivity index (χ2n) is 12.0. The van der Waals surface area contributed by atoms with Crippen molar-refractivity contribution in [2.24, 2.45) is 11.5 Å². The van der Waals surface area contributed by atoms with E-state index in [2.05, 4.69) is 17.6 Å². The summed E-state index contributed by atoms with van der Waals surface area (Å²) in [5, 5.41) is 34.9. The molecule has 46 heavy (non-hydrogen) atoms. The van der Waals surface area contributed by atoms with Crippen LogP contribution in [0.2, 0.25) is 0 Å². The number of unbranched alkanes of at least 4 members (excludes halogenated alkanes) is 9. The number of nitrogens with one attached hydrogen (secondary N) is 2. The van der Waals surface area contributed by atoms with E-state index in [0.717, 1.165) is 31.1 Å². The highest BCUT2D eigenvalue weighted by molar-refractivity contribution is 5.91. The molecule has 0 bridgehead atoms. The summed E-state index contributed by atoms with van der Waals surface area (Å²) in [5.41, 5.74) is 11.8. The van der Waals surface area contributed by atoms with Gasteiger partial charge in [-0.1, -0.05) is 64.7 Å². The Kier molecular flexibility index (Phi) is 19.6. The molecule has 1 saturated heterocycles. The number of amides is 4. The molecule has 0 saturated carbocycles. The molecule has 4 amide bonds. The van der Waals surface area contributed by atoms with E-state index in [0.29, 0.717) is 6.54 Å². The molecule has 8 atom stereocenters. The Hall–Kier alpha value is -2.85. The number of nitrogens with two attached hydrogens (primary N) is 2. The third-order valence-corrected chi connectivity index (χ3v) is 8.24. The first kappa shape index (κ1) is 41.2. The van der Waals surface area contributed by atoms with Gasteiger partial charge in [-0.2, -0.15) is 0 Å². The standard InChI is InChI=1S/C31H57N5O10/c1-5-6-7-8-9-10-11-12-13-14-17-34-24(39)16-15-22(28(33)41)35-29(42)19(2)36(21(4)38)30-25(32)27(45-20(3)31(43)44)26(40)23(18-37)46-30/h19-20,22-23,25-27,30,37,40H,5-18,32H2,1-4H3,(H2,33,41)(H,34,39)(H,35,42)(H,43,44)/t19-,20+,22+,23+,25+,26+,27+,30?/m0/s1. The number of carbonyl (C=O) groups excluding carboxylic acids is 4. The molecule has 1 unspecified atom stereocenters. The minimum Gasteiger partial charge on any atom is -0.479 e. The summed E-state index contributed by atoms with van der Waals surface area (Å²) < 4.78 is 11.1. The first-order chi connectivity index (χ1) is 21.8. The fourth-order valence-corrected chi connectivity index (χ4v) is 5.40. The quantitative estimate of drug-likeness (QED) is 0.0734. The Morgan fingerprint density at radius 1 is 0.978 bits per heavy atom. The van der Waals surface area contributed by atoms with Crippen LogP contribution >= 0.6 is 0 Å². The van der Waals surface area contributed by atoms with Gasteiger partial charge in [0.2, 0.25) is 23.6 Å². The molecule has 1 rings (SSSR count). The molecular weight excluding hydrogens is 602 g/mol. The van der Waals surface area contributed by atoms with Crippen LogP contribution in [0.25, 0.3) is 0 Å². The van der Waals surface area contributed by atoms with Crippen LogP contribution in [0.4, 0.5) is 0 Å². The SMILES string of the molecule is CCCCCCCCCCCCNC(=O)CC[C@@H](NC(=O)[C@H](C)N(C(C)=O)C1O[C@H](CO)[C@@H](O)[C@H](O[C@H](C)C(=O)O)[C@H]1N)C(N)=O. The predicted octanol–water partition coefficient (Wildman–Crippen LogP) is 0.275. The van der Waals surface area contributed by atoms with Crippen LogP contribution in [0.1, 0.15) is 105 Å². The van der Waals surface area contributed by atoms with Gasteiger partial charge in [-0.05, 0) is 26.7 Å². The smallest absolute Gasteiger partial charge is 0.332 e. The molecule has 0 aromatic heterocycles. The summed E-state index contributed by atoms with van der Waals surface area (Å²) >= 11 is 0. The number of aliphatic hydroxyl groups is 2. The van der Waals surface area contributed by atoms with Gasteiger partial charge in [-0.25, -0.2) is 4.79 Å². The molecule has 1 heterocycles. The molecule has 266 valence electrons. The molecule has 1 fully saturated rings. The normalized spacial score (nSPS) is 23.2. The Labute approximate surface area is 272 Å². The zero-order valence-corrected chi connectivity index (χ0v) is 27.8. The van der Waals surface area contributed by atoms with Crippen molar-refractivity contribution in [2.75, 3.05) is 13.2 Å². The highest BCUT2D eigenvalue weighted by atomic mass is 16.6. The van der Waals surface area contributed by atoms with Crippen LogP contribution in [0.5, 0.6) is 0 Å². The zero-order chi connectivity index (χ0) is 34.8. The summed E-state index contributed by atoms with van der Waals surface area (Å²) in [5.74, 6) is -3.97. The van der Waals surface area contributed by atoms with Crippen molar-refractivity contribution in [3.63, 3.8) is 0 Å². The third kappa shape index (κ3) is 13.9. The maximum atomic E-state index is 13.2. The fraction of sp³-hybridized carbons (Fsp3) is 0.839. The number of aliphatic hydroxyl groups excluding tert-OH is 2. The number of nitrogens with zero attached hydrogens (tertiary/aromatic N) is 1. The lowest BCUT2D eigenvalue weighted by Gasteiger charge is -2.48. The van der Waals surface area contributed by atoms with E-state index in [1.54, 1.807) is 0 Å². The van der Waals surface area contributed by atoms with E-state index in [1.807, 2.05) is 0 Å². The van der Waals surface area contributed by atoms with Gasteiger partial charge in [0.05, 0.1) is 12.6 Å². The number of carboxylic acid groups (broad SMARTS) is 1. The fourth-order valence-electron chi connectivity index (χ4n) is 5.40. The van der Waals surface area contributed by atoms with E-state index in [4.69, 9.17) is 20.9 Å². The number of carboxylic acids is 1. The van der Waals surface area contributed by atoms with Gasteiger partial charge in [0.15, 0.2) is 12.3 Å². The lowest BCUT2D eigenvalue weighted by molar-refractivity contribution is -0.245. The van der Waals surface area contributed by atoms with E-state index < -0.39 is 79.1 Å². The predicted molar refractivity (Wildman–Crippen MR) is 169 cm³/mol. The minimum absolute atomic E-state index is 0.0656. The van der Waals surface area contributed by atoms with Gasteiger partial charge in [0.25, 0.3) is 0 Å². The molecule has 0 spiro atoms. The van der Waals surface area contributed by atoms with Crippen LogP contribution in [-0.4, -0.2) is 112 Å². The topological polar surface area (TPSA) is 244 Å². The number of rotatable bonds is 23. The highest BCUT2D eigenvalue weighted by Gasteiger charge is 2.49. The van der Waals surface area contributed by atoms with Crippen LogP contribution < -0.4 is 22.1 Å². The number of aliphatic carboxylic acids is 1. The summed E-state index contributed by atoms with van der Waals surface area (Å²) in [6, 6.07) is -3.84. The van der Waals surface area contributed by atoms with E-state index in [9.17, 15) is 39.3 Å². The van der Waals surface area contributed by atoms with Gasteiger partial charge >= 0.3 is 5.97 Å². The van der Waals surface area contributed by atoms with E-state index >= 15 is 0 Å². The van der Waals surface area contributed by atoms with Gasteiger partial charge in [0.1, 0.15) is 30.4 Å². The summed E-state index contributed by atoms with van der Waals surface area (Å²) in [4.78, 5) is 62.8. The maximum Gasteiger partial charge on any atom is 0.332 e. The molecule has 1 aliphatic heterocycles. The lowest BCUT2D eigenvalue weighted by atomic mass is 9.94. The molecule has 15 heteroatoms.